The number of halogens is 1. The summed E-state index contributed by atoms with van der Waals surface area (Å²) >= 11 is 6.02. The van der Waals surface area contributed by atoms with Crippen LogP contribution in [0.2, 0.25) is 5.02 Å². The first-order chi connectivity index (χ1) is 11.2. The van der Waals surface area contributed by atoms with Gasteiger partial charge in [-0.15, -0.1) is 0 Å². The number of nitrogen functional groups attached to an aromatic ring is 1. The first-order valence-electron chi connectivity index (χ1n) is 9.14. The summed E-state index contributed by atoms with van der Waals surface area (Å²) < 4.78 is 0. The average molecular weight is 337 g/mol. The fourth-order valence-corrected chi connectivity index (χ4v) is 4.15. The van der Waals surface area contributed by atoms with Crippen LogP contribution in [0.25, 0.3) is 0 Å². The van der Waals surface area contributed by atoms with Crippen LogP contribution in [-0.4, -0.2) is 35.1 Å². The summed E-state index contributed by atoms with van der Waals surface area (Å²) in [4.78, 5) is 6.85. The molecule has 1 saturated carbocycles. The molecule has 0 amide bonds. The third-order valence-corrected chi connectivity index (χ3v) is 5.57. The smallest absolute Gasteiger partial charge is 0.146 e. The highest BCUT2D eigenvalue weighted by atomic mass is 35.5. The molecule has 0 bridgehead atoms. The van der Waals surface area contributed by atoms with E-state index in [0.717, 1.165) is 11.7 Å². The summed E-state index contributed by atoms with van der Waals surface area (Å²) in [5.74, 6) is 0.539. The van der Waals surface area contributed by atoms with Gasteiger partial charge >= 0.3 is 0 Å². The summed E-state index contributed by atoms with van der Waals surface area (Å²) in [5, 5.41) is 4.17. The number of rotatable bonds is 3. The van der Waals surface area contributed by atoms with Gasteiger partial charge in [-0.3, -0.25) is 0 Å². The van der Waals surface area contributed by atoms with E-state index < -0.39 is 0 Å². The molecular formula is C18H29ClN4. The lowest BCUT2D eigenvalue weighted by molar-refractivity contribution is 0.133. The van der Waals surface area contributed by atoms with E-state index in [1.54, 1.807) is 6.20 Å². The molecule has 23 heavy (non-hydrogen) atoms. The molecule has 0 radical (unpaired) electrons. The van der Waals surface area contributed by atoms with Gasteiger partial charge in [0.15, 0.2) is 0 Å². The number of piperidine rings is 1. The minimum atomic E-state index is 0.474. The summed E-state index contributed by atoms with van der Waals surface area (Å²) in [6.07, 6.45) is 13.8. The zero-order valence-corrected chi connectivity index (χ0v) is 14.7. The number of likely N-dealkylation sites (tertiary alicyclic amines) is 1. The lowest BCUT2D eigenvalue weighted by Gasteiger charge is -2.39. The highest BCUT2D eigenvalue weighted by Gasteiger charge is 2.25. The van der Waals surface area contributed by atoms with Gasteiger partial charge in [0.1, 0.15) is 5.82 Å². The predicted octanol–water partition coefficient (Wildman–Crippen LogP) is 4.31. The third kappa shape index (κ3) is 4.74. The molecule has 0 spiro atoms. The minimum Gasteiger partial charge on any atom is -0.382 e. The SMILES string of the molecule is Nc1ncc(Cl)cc1NC1CCN(C2CCCCCCC2)CC1. The van der Waals surface area contributed by atoms with Crippen molar-refractivity contribution in [1.82, 2.24) is 9.88 Å². The van der Waals surface area contributed by atoms with E-state index in [2.05, 4.69) is 15.2 Å². The van der Waals surface area contributed by atoms with Crippen molar-refractivity contribution in [3.8, 4) is 0 Å². The van der Waals surface area contributed by atoms with Crippen molar-refractivity contribution in [3.63, 3.8) is 0 Å². The maximum Gasteiger partial charge on any atom is 0.146 e. The fourth-order valence-electron chi connectivity index (χ4n) is 3.99. The van der Waals surface area contributed by atoms with E-state index in [9.17, 15) is 0 Å². The van der Waals surface area contributed by atoms with Gasteiger partial charge in [0, 0.05) is 31.4 Å². The van der Waals surface area contributed by atoms with Crippen molar-refractivity contribution in [2.45, 2.75) is 69.9 Å². The molecule has 0 atom stereocenters. The van der Waals surface area contributed by atoms with E-state index in [0.29, 0.717) is 16.9 Å². The summed E-state index contributed by atoms with van der Waals surface area (Å²) in [5.41, 5.74) is 6.82. The molecule has 2 aliphatic rings. The molecule has 3 rings (SSSR count). The molecule has 1 saturated heterocycles. The van der Waals surface area contributed by atoms with Gasteiger partial charge < -0.3 is 16.0 Å². The Balaban J connectivity index is 1.50. The Morgan fingerprint density at radius 1 is 1.04 bits per heavy atom. The van der Waals surface area contributed by atoms with Crippen molar-refractivity contribution >= 4 is 23.1 Å². The maximum absolute atomic E-state index is 6.02. The highest BCUT2D eigenvalue weighted by Crippen LogP contribution is 2.27. The molecule has 4 nitrogen and oxygen atoms in total. The lowest BCUT2D eigenvalue weighted by Crippen LogP contribution is -2.44. The largest absolute Gasteiger partial charge is 0.382 e. The first kappa shape index (κ1) is 16.8. The van der Waals surface area contributed by atoms with Crippen LogP contribution in [0.1, 0.15) is 57.8 Å². The zero-order chi connectivity index (χ0) is 16.1. The van der Waals surface area contributed by atoms with Gasteiger partial charge in [0.25, 0.3) is 0 Å². The minimum absolute atomic E-state index is 0.474. The topological polar surface area (TPSA) is 54.2 Å². The quantitative estimate of drug-likeness (QED) is 0.863. The number of nitrogens with one attached hydrogen (secondary N) is 1. The second kappa shape index (κ2) is 8.20. The summed E-state index contributed by atoms with van der Waals surface area (Å²) in [6, 6.07) is 3.17. The molecule has 2 fully saturated rings. The maximum atomic E-state index is 6.02. The van der Waals surface area contributed by atoms with Crippen molar-refractivity contribution in [2.75, 3.05) is 24.1 Å². The van der Waals surface area contributed by atoms with Crippen LogP contribution >= 0.6 is 11.6 Å². The van der Waals surface area contributed by atoms with Crippen LogP contribution in [0, 0.1) is 0 Å². The van der Waals surface area contributed by atoms with Crippen LogP contribution in [0.5, 0.6) is 0 Å². The lowest BCUT2D eigenvalue weighted by atomic mass is 9.93. The van der Waals surface area contributed by atoms with Crippen molar-refractivity contribution in [3.05, 3.63) is 17.3 Å². The third-order valence-electron chi connectivity index (χ3n) is 5.37. The number of aromatic nitrogens is 1. The number of nitrogens with zero attached hydrogens (tertiary/aromatic N) is 2. The van der Waals surface area contributed by atoms with Gasteiger partial charge in [0.05, 0.1) is 10.7 Å². The highest BCUT2D eigenvalue weighted by molar-refractivity contribution is 6.30. The molecule has 3 N–H and O–H groups in total. The number of anilines is 2. The second-order valence-corrected chi connectivity index (χ2v) is 7.48. The summed E-state index contributed by atoms with van der Waals surface area (Å²) in [6.45, 7) is 2.38. The van der Waals surface area contributed by atoms with E-state index >= 15 is 0 Å². The van der Waals surface area contributed by atoms with Crippen molar-refractivity contribution in [1.29, 1.82) is 0 Å². The van der Waals surface area contributed by atoms with E-state index in [-0.39, 0.29) is 0 Å². The van der Waals surface area contributed by atoms with E-state index in [4.69, 9.17) is 17.3 Å². The number of nitrogens with two attached hydrogens (primary N) is 1. The molecular weight excluding hydrogens is 308 g/mol. The number of pyridine rings is 1. The molecule has 2 heterocycles. The van der Waals surface area contributed by atoms with Crippen LogP contribution in [0.4, 0.5) is 11.5 Å². The Morgan fingerprint density at radius 2 is 1.70 bits per heavy atom. The number of hydrogen-bond acceptors (Lipinski definition) is 4. The Morgan fingerprint density at radius 3 is 2.39 bits per heavy atom. The van der Waals surface area contributed by atoms with Gasteiger partial charge in [0.2, 0.25) is 0 Å². The second-order valence-electron chi connectivity index (χ2n) is 7.04. The average Bonchev–Trinajstić information content (AvgIpc) is 2.52. The fraction of sp³-hybridized carbons (Fsp3) is 0.722. The van der Waals surface area contributed by atoms with E-state index in [1.807, 2.05) is 6.07 Å². The first-order valence-corrected chi connectivity index (χ1v) is 9.52. The Bertz CT molecular complexity index is 492. The zero-order valence-electron chi connectivity index (χ0n) is 13.9. The molecule has 128 valence electrons. The van der Waals surface area contributed by atoms with Gasteiger partial charge in [-0.2, -0.15) is 0 Å². The monoisotopic (exact) mass is 336 g/mol. The van der Waals surface area contributed by atoms with Gasteiger partial charge in [-0.05, 0) is 31.7 Å². The Kier molecular flexibility index (Phi) is 6.01. The molecule has 1 aromatic heterocycles. The van der Waals surface area contributed by atoms with E-state index in [1.165, 1.54) is 70.9 Å². The van der Waals surface area contributed by atoms with Crippen LogP contribution in [-0.2, 0) is 0 Å². The Hall–Kier alpha value is -1.00. The molecule has 0 unspecified atom stereocenters. The summed E-state index contributed by atoms with van der Waals surface area (Å²) in [7, 11) is 0. The predicted molar refractivity (Wildman–Crippen MR) is 98.0 cm³/mol. The van der Waals surface area contributed by atoms with Crippen molar-refractivity contribution < 1.29 is 0 Å². The molecule has 5 heteroatoms. The molecule has 1 aliphatic carbocycles. The van der Waals surface area contributed by atoms with Gasteiger partial charge in [-0.25, -0.2) is 4.98 Å². The normalized spacial score (nSPS) is 22.5. The Labute approximate surface area is 144 Å². The van der Waals surface area contributed by atoms with Crippen LogP contribution < -0.4 is 11.1 Å². The van der Waals surface area contributed by atoms with Gasteiger partial charge in [-0.1, -0.05) is 43.7 Å². The molecule has 1 aliphatic heterocycles. The number of hydrogen-bond donors (Lipinski definition) is 2. The van der Waals surface area contributed by atoms with Crippen LogP contribution in [0.3, 0.4) is 0 Å². The van der Waals surface area contributed by atoms with Crippen molar-refractivity contribution in [2.24, 2.45) is 0 Å². The standard InChI is InChI=1S/C18H29ClN4/c19-14-12-17(18(20)21-13-14)22-15-8-10-23(11-9-15)16-6-4-2-1-3-5-7-16/h12-13,15-16,22H,1-11H2,(H2,20,21). The van der Waals surface area contributed by atoms with Crippen LogP contribution in [0.15, 0.2) is 12.3 Å². The molecule has 1 aromatic rings. The molecule has 0 aromatic carbocycles.